The Morgan fingerprint density at radius 1 is 0.385 bits per heavy atom. The second kappa shape index (κ2) is 23.0. The maximum atomic E-state index is 6.29. The van der Waals surface area contributed by atoms with Crippen molar-refractivity contribution in [2.75, 3.05) is 0 Å². The van der Waals surface area contributed by atoms with E-state index < -0.39 is 0 Å². The summed E-state index contributed by atoms with van der Waals surface area (Å²) in [5, 5.41) is 0. The van der Waals surface area contributed by atoms with E-state index >= 15 is 0 Å². The van der Waals surface area contributed by atoms with E-state index in [0.29, 0.717) is 6.04 Å². The first-order valence-corrected chi connectivity index (χ1v) is 12.6. The standard InChI is InChI=1S/C25H53N/c1-3-5-7-9-11-13-14-16-18-20-22-24-25(26)23-21-19-17-15-12-10-8-6-4-2/h25H,3-24,26H2,1-2H3. The van der Waals surface area contributed by atoms with Crippen LogP contribution in [0.15, 0.2) is 0 Å². The fourth-order valence-electron chi connectivity index (χ4n) is 3.93. The van der Waals surface area contributed by atoms with Crippen molar-refractivity contribution in [1.82, 2.24) is 0 Å². The summed E-state index contributed by atoms with van der Waals surface area (Å²) >= 11 is 0. The molecule has 0 heterocycles. The van der Waals surface area contributed by atoms with Gasteiger partial charge in [-0.2, -0.15) is 0 Å². The maximum absolute atomic E-state index is 6.29. The average Bonchev–Trinajstić information content (AvgIpc) is 2.64. The van der Waals surface area contributed by atoms with Gasteiger partial charge in [-0.25, -0.2) is 0 Å². The van der Waals surface area contributed by atoms with Gasteiger partial charge in [0.25, 0.3) is 0 Å². The fraction of sp³-hybridized carbons (Fsp3) is 1.00. The lowest BCUT2D eigenvalue weighted by atomic mass is 10.00. The quantitative estimate of drug-likeness (QED) is 0.190. The second-order valence-corrected chi connectivity index (χ2v) is 8.70. The van der Waals surface area contributed by atoms with E-state index in [9.17, 15) is 0 Å². The number of unbranched alkanes of at least 4 members (excludes halogenated alkanes) is 18. The van der Waals surface area contributed by atoms with Gasteiger partial charge in [0.15, 0.2) is 0 Å². The van der Waals surface area contributed by atoms with E-state index in [2.05, 4.69) is 13.8 Å². The van der Waals surface area contributed by atoms with E-state index in [-0.39, 0.29) is 0 Å². The molecule has 0 aliphatic carbocycles. The molecule has 0 spiro atoms. The smallest absolute Gasteiger partial charge is 0.00388 e. The van der Waals surface area contributed by atoms with Crippen LogP contribution in [0.1, 0.15) is 155 Å². The highest BCUT2D eigenvalue weighted by Crippen LogP contribution is 2.15. The molecule has 0 aliphatic heterocycles. The van der Waals surface area contributed by atoms with Crippen molar-refractivity contribution in [3.05, 3.63) is 0 Å². The molecule has 1 atom stereocenters. The van der Waals surface area contributed by atoms with Crippen LogP contribution in [0.25, 0.3) is 0 Å². The number of nitrogens with two attached hydrogens (primary N) is 1. The van der Waals surface area contributed by atoms with Crippen LogP contribution in [0.3, 0.4) is 0 Å². The maximum Gasteiger partial charge on any atom is 0.00388 e. The summed E-state index contributed by atoms with van der Waals surface area (Å²) < 4.78 is 0. The summed E-state index contributed by atoms with van der Waals surface area (Å²) in [6.45, 7) is 4.59. The number of rotatable bonds is 22. The van der Waals surface area contributed by atoms with Crippen molar-refractivity contribution < 1.29 is 0 Å². The van der Waals surface area contributed by atoms with Crippen LogP contribution in [-0.2, 0) is 0 Å². The zero-order valence-electron chi connectivity index (χ0n) is 18.7. The van der Waals surface area contributed by atoms with Gasteiger partial charge in [0.05, 0.1) is 0 Å². The Kier molecular flexibility index (Phi) is 23.0. The molecule has 0 rings (SSSR count). The molecule has 26 heavy (non-hydrogen) atoms. The van der Waals surface area contributed by atoms with Crippen LogP contribution in [0, 0.1) is 0 Å². The van der Waals surface area contributed by atoms with Crippen LogP contribution < -0.4 is 5.73 Å². The average molecular weight is 368 g/mol. The molecule has 1 unspecified atom stereocenters. The van der Waals surface area contributed by atoms with E-state index in [1.807, 2.05) is 0 Å². The van der Waals surface area contributed by atoms with Gasteiger partial charge in [0, 0.05) is 6.04 Å². The van der Waals surface area contributed by atoms with Crippen molar-refractivity contribution in [3.63, 3.8) is 0 Å². The lowest BCUT2D eigenvalue weighted by molar-refractivity contribution is 0.478. The summed E-state index contributed by atoms with van der Waals surface area (Å²) in [5.41, 5.74) is 6.29. The molecule has 158 valence electrons. The highest BCUT2D eigenvalue weighted by molar-refractivity contribution is 4.62. The zero-order chi connectivity index (χ0) is 19.1. The predicted molar refractivity (Wildman–Crippen MR) is 121 cm³/mol. The Bertz CT molecular complexity index is 238. The molecule has 1 nitrogen and oxygen atoms in total. The zero-order valence-corrected chi connectivity index (χ0v) is 18.7. The third-order valence-corrected chi connectivity index (χ3v) is 5.86. The van der Waals surface area contributed by atoms with Crippen molar-refractivity contribution in [2.45, 2.75) is 161 Å². The minimum atomic E-state index is 0.470. The summed E-state index contributed by atoms with van der Waals surface area (Å²) in [6.07, 6.45) is 31.0. The van der Waals surface area contributed by atoms with Gasteiger partial charge in [-0.15, -0.1) is 0 Å². The molecule has 0 aromatic heterocycles. The summed E-state index contributed by atoms with van der Waals surface area (Å²) in [5.74, 6) is 0. The predicted octanol–water partition coefficient (Wildman–Crippen LogP) is 8.94. The van der Waals surface area contributed by atoms with Gasteiger partial charge >= 0.3 is 0 Å². The van der Waals surface area contributed by atoms with Gasteiger partial charge in [-0.05, 0) is 12.8 Å². The van der Waals surface area contributed by atoms with Gasteiger partial charge in [-0.3, -0.25) is 0 Å². The first-order chi connectivity index (χ1) is 12.8. The molecule has 0 aromatic carbocycles. The third kappa shape index (κ3) is 22.0. The number of hydrogen-bond acceptors (Lipinski definition) is 1. The third-order valence-electron chi connectivity index (χ3n) is 5.86. The molecule has 0 amide bonds. The fourth-order valence-corrected chi connectivity index (χ4v) is 3.93. The number of hydrogen-bond donors (Lipinski definition) is 1. The molecule has 0 aromatic rings. The van der Waals surface area contributed by atoms with E-state index in [1.165, 1.54) is 141 Å². The normalized spacial score (nSPS) is 12.6. The summed E-state index contributed by atoms with van der Waals surface area (Å²) in [7, 11) is 0. The van der Waals surface area contributed by atoms with Crippen LogP contribution in [0.2, 0.25) is 0 Å². The molecule has 2 N–H and O–H groups in total. The second-order valence-electron chi connectivity index (χ2n) is 8.70. The molecular weight excluding hydrogens is 314 g/mol. The van der Waals surface area contributed by atoms with Crippen LogP contribution in [0.4, 0.5) is 0 Å². The summed E-state index contributed by atoms with van der Waals surface area (Å²) in [6, 6.07) is 0.470. The Labute approximate surface area is 167 Å². The highest BCUT2D eigenvalue weighted by atomic mass is 14.6. The lowest BCUT2D eigenvalue weighted by Crippen LogP contribution is -2.19. The lowest BCUT2D eigenvalue weighted by Gasteiger charge is -2.11. The highest BCUT2D eigenvalue weighted by Gasteiger charge is 2.02. The SMILES string of the molecule is CCCCCCCCCCCCCC(N)CCCCCCCCCCC. The van der Waals surface area contributed by atoms with Crippen molar-refractivity contribution in [2.24, 2.45) is 5.73 Å². The molecule has 0 radical (unpaired) electrons. The molecule has 0 fully saturated rings. The van der Waals surface area contributed by atoms with E-state index in [4.69, 9.17) is 5.73 Å². The van der Waals surface area contributed by atoms with Crippen molar-refractivity contribution >= 4 is 0 Å². The van der Waals surface area contributed by atoms with Crippen LogP contribution in [-0.4, -0.2) is 6.04 Å². The molecule has 0 saturated heterocycles. The molecule has 0 saturated carbocycles. The molecule has 0 aliphatic rings. The first kappa shape index (κ1) is 26.0. The van der Waals surface area contributed by atoms with Gasteiger partial charge < -0.3 is 5.73 Å². The Hall–Kier alpha value is -0.0400. The van der Waals surface area contributed by atoms with Crippen LogP contribution in [0.5, 0.6) is 0 Å². The minimum Gasteiger partial charge on any atom is -0.328 e. The molecular formula is C25H53N. The monoisotopic (exact) mass is 367 g/mol. The molecule has 0 bridgehead atoms. The first-order valence-electron chi connectivity index (χ1n) is 12.6. The van der Waals surface area contributed by atoms with Gasteiger partial charge in [0.2, 0.25) is 0 Å². The van der Waals surface area contributed by atoms with E-state index in [0.717, 1.165) is 0 Å². The van der Waals surface area contributed by atoms with Crippen LogP contribution >= 0.6 is 0 Å². The Morgan fingerprint density at radius 2 is 0.615 bits per heavy atom. The van der Waals surface area contributed by atoms with Crippen molar-refractivity contribution in [3.8, 4) is 0 Å². The van der Waals surface area contributed by atoms with E-state index in [1.54, 1.807) is 0 Å². The topological polar surface area (TPSA) is 26.0 Å². The minimum absolute atomic E-state index is 0.470. The Balaban J connectivity index is 3.12. The van der Waals surface area contributed by atoms with Gasteiger partial charge in [-0.1, -0.05) is 142 Å². The summed E-state index contributed by atoms with van der Waals surface area (Å²) in [4.78, 5) is 0. The molecule has 1 heteroatoms. The van der Waals surface area contributed by atoms with Crippen molar-refractivity contribution in [1.29, 1.82) is 0 Å². The van der Waals surface area contributed by atoms with Gasteiger partial charge in [0.1, 0.15) is 0 Å². The largest absolute Gasteiger partial charge is 0.328 e. The Morgan fingerprint density at radius 3 is 0.885 bits per heavy atom.